The fourth-order valence-corrected chi connectivity index (χ4v) is 0.958. The molecular weight excluding hydrogens is 188 g/mol. The van der Waals surface area contributed by atoms with Crippen LogP contribution in [-0.4, -0.2) is 16.3 Å². The predicted octanol–water partition coefficient (Wildman–Crippen LogP) is 1.89. The van der Waals surface area contributed by atoms with Crippen LogP contribution in [-0.2, 0) is 10.2 Å². The molecule has 1 radical (unpaired) electrons. The zero-order chi connectivity index (χ0) is 10.1. The molecule has 0 aliphatic carbocycles. The van der Waals surface area contributed by atoms with Crippen LogP contribution in [0, 0.1) is 0 Å². The second kappa shape index (κ2) is 3.42. The first kappa shape index (κ1) is 10.1. The SMILES string of the molecule is CC(C)(C)c1ncc([C]=O)c(Cl)n1. The Kier molecular flexibility index (Phi) is 2.66. The summed E-state index contributed by atoms with van der Waals surface area (Å²) in [6.45, 7) is 5.93. The van der Waals surface area contributed by atoms with Crippen LogP contribution in [0.1, 0.15) is 32.2 Å². The summed E-state index contributed by atoms with van der Waals surface area (Å²) in [7, 11) is 0. The molecule has 0 amide bonds. The van der Waals surface area contributed by atoms with E-state index in [0.717, 1.165) is 0 Å². The lowest BCUT2D eigenvalue weighted by Gasteiger charge is -2.15. The second-order valence-corrected chi connectivity index (χ2v) is 4.11. The second-order valence-electron chi connectivity index (χ2n) is 3.75. The van der Waals surface area contributed by atoms with Crippen LogP contribution in [0.4, 0.5) is 0 Å². The Morgan fingerprint density at radius 1 is 1.46 bits per heavy atom. The molecule has 13 heavy (non-hydrogen) atoms. The van der Waals surface area contributed by atoms with E-state index < -0.39 is 0 Å². The Hall–Kier alpha value is -0.960. The van der Waals surface area contributed by atoms with Crippen molar-refractivity contribution in [3.8, 4) is 0 Å². The smallest absolute Gasteiger partial charge is 0.238 e. The molecule has 0 saturated heterocycles. The minimum absolute atomic E-state index is 0.162. The first-order valence-electron chi connectivity index (χ1n) is 3.86. The molecule has 0 aliphatic heterocycles. The molecule has 0 fully saturated rings. The van der Waals surface area contributed by atoms with E-state index in [2.05, 4.69) is 9.97 Å². The van der Waals surface area contributed by atoms with Gasteiger partial charge in [-0.1, -0.05) is 32.4 Å². The van der Waals surface area contributed by atoms with Crippen molar-refractivity contribution in [2.75, 3.05) is 0 Å². The number of hydrogen-bond donors (Lipinski definition) is 0. The largest absolute Gasteiger partial charge is 0.285 e. The van der Waals surface area contributed by atoms with Gasteiger partial charge in [0, 0.05) is 11.6 Å². The summed E-state index contributed by atoms with van der Waals surface area (Å²) in [5, 5.41) is 0.162. The average Bonchev–Trinajstić information content (AvgIpc) is 2.02. The molecule has 1 aromatic heterocycles. The van der Waals surface area contributed by atoms with Crippen LogP contribution in [0.5, 0.6) is 0 Å². The molecule has 3 nitrogen and oxygen atoms in total. The summed E-state index contributed by atoms with van der Waals surface area (Å²) in [6.07, 6.45) is 3.06. The van der Waals surface area contributed by atoms with E-state index in [-0.39, 0.29) is 16.1 Å². The zero-order valence-corrected chi connectivity index (χ0v) is 8.51. The normalized spacial score (nSPS) is 11.4. The Labute approximate surface area is 82.2 Å². The lowest BCUT2D eigenvalue weighted by atomic mass is 9.96. The van der Waals surface area contributed by atoms with Crippen LogP contribution in [0.25, 0.3) is 0 Å². The maximum absolute atomic E-state index is 10.3. The number of halogens is 1. The number of aromatic nitrogens is 2. The lowest BCUT2D eigenvalue weighted by Crippen LogP contribution is -2.16. The number of nitrogens with zero attached hydrogens (tertiary/aromatic N) is 2. The van der Waals surface area contributed by atoms with Crippen molar-refractivity contribution >= 4 is 17.9 Å². The lowest BCUT2D eigenvalue weighted by molar-refractivity contribution is 0.543. The quantitative estimate of drug-likeness (QED) is 0.646. The van der Waals surface area contributed by atoms with Gasteiger partial charge in [-0.3, -0.25) is 4.79 Å². The standard InChI is InChI=1S/C9H10ClN2O/c1-9(2,3)8-11-4-6(5-13)7(10)12-8/h4H,1-3H3. The van der Waals surface area contributed by atoms with Crippen LogP contribution < -0.4 is 0 Å². The molecule has 0 N–H and O–H groups in total. The third-order valence-electron chi connectivity index (χ3n) is 1.52. The van der Waals surface area contributed by atoms with Crippen LogP contribution in [0.3, 0.4) is 0 Å². The van der Waals surface area contributed by atoms with E-state index in [0.29, 0.717) is 5.82 Å². The Morgan fingerprint density at radius 3 is 2.46 bits per heavy atom. The zero-order valence-electron chi connectivity index (χ0n) is 7.76. The highest BCUT2D eigenvalue weighted by molar-refractivity contribution is 6.31. The van der Waals surface area contributed by atoms with Crippen molar-refractivity contribution in [3.63, 3.8) is 0 Å². The van der Waals surface area contributed by atoms with Crippen molar-refractivity contribution < 1.29 is 4.79 Å². The molecule has 0 unspecified atom stereocenters. The van der Waals surface area contributed by atoms with Gasteiger partial charge >= 0.3 is 0 Å². The van der Waals surface area contributed by atoms with Gasteiger partial charge in [0.15, 0.2) is 0 Å². The number of hydrogen-bond acceptors (Lipinski definition) is 3. The van der Waals surface area contributed by atoms with E-state index >= 15 is 0 Å². The van der Waals surface area contributed by atoms with Gasteiger partial charge in [0.05, 0.1) is 5.56 Å². The summed E-state index contributed by atoms with van der Waals surface area (Å²) in [6, 6.07) is 0. The summed E-state index contributed by atoms with van der Waals surface area (Å²) in [5.41, 5.74) is 0.0417. The van der Waals surface area contributed by atoms with E-state index in [4.69, 9.17) is 11.6 Å². The van der Waals surface area contributed by atoms with Crippen molar-refractivity contribution in [1.29, 1.82) is 0 Å². The third-order valence-corrected chi connectivity index (χ3v) is 1.81. The van der Waals surface area contributed by atoms with Crippen LogP contribution >= 0.6 is 11.6 Å². The Bertz CT molecular complexity index is 331. The molecule has 1 heterocycles. The molecule has 0 atom stereocenters. The maximum Gasteiger partial charge on any atom is 0.238 e. The minimum atomic E-state index is -0.162. The first-order chi connectivity index (χ1) is 5.95. The van der Waals surface area contributed by atoms with E-state index in [9.17, 15) is 4.79 Å². The molecule has 0 saturated carbocycles. The molecule has 69 valence electrons. The minimum Gasteiger partial charge on any atom is -0.285 e. The predicted molar refractivity (Wildman–Crippen MR) is 50.5 cm³/mol. The van der Waals surface area contributed by atoms with E-state index in [1.54, 1.807) is 6.29 Å². The molecule has 1 aromatic rings. The first-order valence-corrected chi connectivity index (χ1v) is 4.24. The molecule has 0 aromatic carbocycles. The molecule has 4 heteroatoms. The van der Waals surface area contributed by atoms with Gasteiger partial charge in [0.25, 0.3) is 0 Å². The molecular formula is C9H10ClN2O. The fourth-order valence-electron chi connectivity index (χ4n) is 0.791. The highest BCUT2D eigenvalue weighted by Gasteiger charge is 2.18. The maximum atomic E-state index is 10.3. The van der Waals surface area contributed by atoms with Crippen LogP contribution in [0.2, 0.25) is 5.15 Å². The molecule has 1 rings (SSSR count). The fraction of sp³-hybridized carbons (Fsp3) is 0.444. The van der Waals surface area contributed by atoms with Gasteiger partial charge in [-0.05, 0) is 0 Å². The van der Waals surface area contributed by atoms with Crippen molar-refractivity contribution in [1.82, 2.24) is 9.97 Å². The highest BCUT2D eigenvalue weighted by Crippen LogP contribution is 2.20. The van der Waals surface area contributed by atoms with Gasteiger partial charge in [0.1, 0.15) is 11.0 Å². The summed E-state index contributed by atoms with van der Waals surface area (Å²) in [5.74, 6) is 0.622. The van der Waals surface area contributed by atoms with Gasteiger partial charge in [-0.2, -0.15) is 0 Å². The van der Waals surface area contributed by atoms with Crippen molar-refractivity contribution in [2.45, 2.75) is 26.2 Å². The van der Waals surface area contributed by atoms with E-state index in [1.165, 1.54) is 6.20 Å². The summed E-state index contributed by atoms with van der Waals surface area (Å²) in [4.78, 5) is 18.3. The Balaban J connectivity index is 3.17. The van der Waals surface area contributed by atoms with Crippen LogP contribution in [0.15, 0.2) is 6.20 Å². The third kappa shape index (κ3) is 2.25. The van der Waals surface area contributed by atoms with Gasteiger partial charge in [0.2, 0.25) is 6.29 Å². The Morgan fingerprint density at radius 2 is 2.08 bits per heavy atom. The van der Waals surface area contributed by atoms with E-state index in [1.807, 2.05) is 20.8 Å². The monoisotopic (exact) mass is 197 g/mol. The average molecular weight is 198 g/mol. The number of carbonyl (C=O) groups excluding carboxylic acids is 1. The highest BCUT2D eigenvalue weighted by atomic mass is 35.5. The summed E-state index contributed by atoms with van der Waals surface area (Å²) < 4.78 is 0. The van der Waals surface area contributed by atoms with Crippen molar-refractivity contribution in [3.05, 3.63) is 22.7 Å². The number of rotatable bonds is 1. The topological polar surface area (TPSA) is 42.9 Å². The van der Waals surface area contributed by atoms with Crippen molar-refractivity contribution in [2.24, 2.45) is 0 Å². The summed E-state index contributed by atoms with van der Waals surface area (Å²) >= 11 is 5.72. The molecule has 0 aliphatic rings. The van der Waals surface area contributed by atoms with Gasteiger partial charge in [-0.15, -0.1) is 0 Å². The van der Waals surface area contributed by atoms with Gasteiger partial charge in [-0.25, -0.2) is 9.97 Å². The molecule has 0 bridgehead atoms. The van der Waals surface area contributed by atoms with Gasteiger partial charge < -0.3 is 0 Å². The molecule has 0 spiro atoms.